The molecule has 0 saturated carbocycles. The maximum absolute atomic E-state index is 12.1. The van der Waals surface area contributed by atoms with Crippen molar-refractivity contribution in [2.75, 3.05) is 37.4 Å². The van der Waals surface area contributed by atoms with Gasteiger partial charge in [-0.05, 0) is 38.1 Å². The molecular weight excluding hydrogens is 471 g/mol. The molecule has 0 saturated heterocycles. The number of halogens is 1. The molecule has 0 atom stereocenters. The van der Waals surface area contributed by atoms with E-state index in [1.165, 1.54) is 0 Å². The summed E-state index contributed by atoms with van der Waals surface area (Å²) in [4.78, 5) is 16.4. The first-order valence-electron chi connectivity index (χ1n) is 8.87. The molecule has 152 valence electrons. The van der Waals surface area contributed by atoms with Crippen molar-refractivity contribution in [1.82, 2.24) is 5.32 Å². The smallest absolute Gasteiger partial charge is 0.246 e. The van der Waals surface area contributed by atoms with Crippen molar-refractivity contribution in [2.24, 2.45) is 4.99 Å². The highest BCUT2D eigenvalue weighted by Gasteiger charge is 2.08. The molecule has 0 aliphatic heterocycles. The Kier molecular flexibility index (Phi) is 10.8. The summed E-state index contributed by atoms with van der Waals surface area (Å²) in [6, 6.07) is 14.8. The fourth-order valence-corrected chi connectivity index (χ4v) is 2.34. The van der Waals surface area contributed by atoms with Crippen molar-refractivity contribution < 1.29 is 14.3 Å². The summed E-state index contributed by atoms with van der Waals surface area (Å²) >= 11 is 0. The van der Waals surface area contributed by atoms with Gasteiger partial charge in [0.25, 0.3) is 0 Å². The molecule has 2 rings (SSSR count). The molecule has 0 bridgehead atoms. The van der Waals surface area contributed by atoms with Gasteiger partial charge in [0, 0.05) is 24.0 Å². The molecule has 28 heavy (non-hydrogen) atoms. The first-order chi connectivity index (χ1) is 13.2. The second-order valence-electron chi connectivity index (χ2n) is 5.53. The molecule has 0 heterocycles. The van der Waals surface area contributed by atoms with Gasteiger partial charge >= 0.3 is 0 Å². The van der Waals surface area contributed by atoms with Crippen LogP contribution in [0.5, 0.6) is 11.5 Å². The Bertz CT molecular complexity index is 769. The highest BCUT2D eigenvalue weighted by molar-refractivity contribution is 14.0. The van der Waals surface area contributed by atoms with Gasteiger partial charge in [-0.15, -0.1) is 24.0 Å². The van der Waals surface area contributed by atoms with E-state index in [1.54, 1.807) is 7.11 Å². The average Bonchev–Trinajstić information content (AvgIpc) is 2.68. The van der Waals surface area contributed by atoms with Crippen LogP contribution in [0.15, 0.2) is 53.5 Å². The number of carbonyl (C=O) groups is 1. The quantitative estimate of drug-likeness (QED) is 0.294. The van der Waals surface area contributed by atoms with Crippen LogP contribution < -0.4 is 25.4 Å². The van der Waals surface area contributed by atoms with Crippen LogP contribution in [-0.4, -0.2) is 38.7 Å². The highest BCUT2D eigenvalue weighted by Crippen LogP contribution is 2.30. The summed E-state index contributed by atoms with van der Waals surface area (Å²) < 4.78 is 10.9. The van der Waals surface area contributed by atoms with Crippen LogP contribution >= 0.6 is 24.0 Å². The number of hydrogen-bond donors (Lipinski definition) is 3. The monoisotopic (exact) mass is 498 g/mol. The predicted molar refractivity (Wildman–Crippen MR) is 124 cm³/mol. The summed E-state index contributed by atoms with van der Waals surface area (Å²) in [5, 5.41) is 9.10. The van der Waals surface area contributed by atoms with Gasteiger partial charge in [0.1, 0.15) is 6.54 Å². The topological polar surface area (TPSA) is 84.0 Å². The SMILES string of the molecule is CCNC(=NCC(=O)Nc1ccccc1)Nc1ccc(OC)c(OCC)c1.I. The van der Waals surface area contributed by atoms with E-state index in [2.05, 4.69) is 20.9 Å². The van der Waals surface area contributed by atoms with Crippen molar-refractivity contribution in [1.29, 1.82) is 0 Å². The third-order valence-electron chi connectivity index (χ3n) is 3.51. The second kappa shape index (κ2) is 12.8. The Morgan fingerprint density at radius 2 is 1.75 bits per heavy atom. The number of nitrogens with zero attached hydrogens (tertiary/aromatic N) is 1. The molecule has 0 aliphatic rings. The normalized spacial score (nSPS) is 10.5. The molecule has 0 radical (unpaired) electrons. The molecule has 0 spiro atoms. The third-order valence-corrected chi connectivity index (χ3v) is 3.51. The Hall–Kier alpha value is -2.49. The lowest BCUT2D eigenvalue weighted by atomic mass is 10.2. The van der Waals surface area contributed by atoms with Gasteiger partial charge in [-0.25, -0.2) is 4.99 Å². The standard InChI is InChI=1S/C20H26N4O3.HI/c1-4-21-20(22-14-19(25)23-15-9-7-6-8-10-15)24-16-11-12-17(26-3)18(13-16)27-5-2;/h6-13H,4-5,14H2,1-3H3,(H,23,25)(H2,21,22,24);1H. The van der Waals surface area contributed by atoms with Crippen LogP contribution in [0.4, 0.5) is 11.4 Å². The molecule has 3 N–H and O–H groups in total. The number of anilines is 2. The summed E-state index contributed by atoms with van der Waals surface area (Å²) in [7, 11) is 1.60. The van der Waals surface area contributed by atoms with Crippen molar-refractivity contribution in [3.8, 4) is 11.5 Å². The van der Waals surface area contributed by atoms with Gasteiger partial charge in [0.15, 0.2) is 17.5 Å². The number of para-hydroxylation sites is 1. The lowest BCUT2D eigenvalue weighted by molar-refractivity contribution is -0.114. The van der Waals surface area contributed by atoms with E-state index in [-0.39, 0.29) is 36.4 Å². The minimum Gasteiger partial charge on any atom is -0.493 e. The van der Waals surface area contributed by atoms with Crippen LogP contribution in [0.1, 0.15) is 13.8 Å². The Labute approximate surface area is 182 Å². The summed E-state index contributed by atoms with van der Waals surface area (Å²) in [6.45, 7) is 5.07. The number of ether oxygens (including phenoxy) is 2. The van der Waals surface area contributed by atoms with Gasteiger partial charge < -0.3 is 25.4 Å². The molecule has 0 fully saturated rings. The number of hydrogen-bond acceptors (Lipinski definition) is 4. The Balaban J connectivity index is 0.00000392. The summed E-state index contributed by atoms with van der Waals surface area (Å²) in [5.74, 6) is 1.62. The molecule has 2 aromatic rings. The van der Waals surface area contributed by atoms with E-state index in [0.29, 0.717) is 30.6 Å². The molecule has 1 amide bonds. The first kappa shape index (κ1) is 23.5. The Morgan fingerprint density at radius 3 is 2.39 bits per heavy atom. The van der Waals surface area contributed by atoms with Gasteiger partial charge in [0.05, 0.1) is 13.7 Å². The van der Waals surface area contributed by atoms with E-state index in [9.17, 15) is 4.79 Å². The van der Waals surface area contributed by atoms with Gasteiger partial charge in [-0.3, -0.25) is 4.79 Å². The van der Waals surface area contributed by atoms with Crippen LogP contribution in [0.2, 0.25) is 0 Å². The van der Waals surface area contributed by atoms with Crippen molar-refractivity contribution in [3.63, 3.8) is 0 Å². The van der Waals surface area contributed by atoms with Crippen LogP contribution in [-0.2, 0) is 4.79 Å². The van der Waals surface area contributed by atoms with Crippen molar-refractivity contribution in [3.05, 3.63) is 48.5 Å². The number of guanidine groups is 1. The minimum absolute atomic E-state index is 0. The fraction of sp³-hybridized carbons (Fsp3) is 0.300. The van der Waals surface area contributed by atoms with E-state index >= 15 is 0 Å². The van der Waals surface area contributed by atoms with Crippen molar-refractivity contribution >= 4 is 47.2 Å². The van der Waals surface area contributed by atoms with Crippen molar-refractivity contribution in [2.45, 2.75) is 13.8 Å². The van der Waals surface area contributed by atoms with Gasteiger partial charge in [-0.1, -0.05) is 18.2 Å². The van der Waals surface area contributed by atoms with Gasteiger partial charge in [-0.2, -0.15) is 0 Å². The summed E-state index contributed by atoms with van der Waals surface area (Å²) in [5.41, 5.74) is 1.52. The molecule has 8 heteroatoms. The number of amides is 1. The van der Waals surface area contributed by atoms with Crippen LogP contribution in [0, 0.1) is 0 Å². The molecular formula is C20H27IN4O3. The van der Waals surface area contributed by atoms with Gasteiger partial charge in [0.2, 0.25) is 5.91 Å². The number of rotatable bonds is 8. The minimum atomic E-state index is -0.192. The molecule has 7 nitrogen and oxygen atoms in total. The molecule has 0 unspecified atom stereocenters. The first-order valence-corrected chi connectivity index (χ1v) is 8.87. The van der Waals surface area contributed by atoms with E-state index in [1.807, 2.05) is 62.4 Å². The zero-order valence-electron chi connectivity index (χ0n) is 16.3. The van der Waals surface area contributed by atoms with Crippen LogP contribution in [0.25, 0.3) is 0 Å². The fourth-order valence-electron chi connectivity index (χ4n) is 2.34. The largest absolute Gasteiger partial charge is 0.493 e. The lowest BCUT2D eigenvalue weighted by Crippen LogP contribution is -2.31. The van der Waals surface area contributed by atoms with E-state index in [4.69, 9.17) is 9.47 Å². The second-order valence-corrected chi connectivity index (χ2v) is 5.53. The molecule has 0 aliphatic carbocycles. The zero-order valence-corrected chi connectivity index (χ0v) is 18.7. The zero-order chi connectivity index (χ0) is 19.5. The number of nitrogens with one attached hydrogen (secondary N) is 3. The predicted octanol–water partition coefficient (Wildman–Crippen LogP) is 3.73. The maximum Gasteiger partial charge on any atom is 0.246 e. The summed E-state index contributed by atoms with van der Waals surface area (Å²) in [6.07, 6.45) is 0. The molecule has 2 aromatic carbocycles. The average molecular weight is 498 g/mol. The third kappa shape index (κ3) is 7.63. The Morgan fingerprint density at radius 1 is 1.00 bits per heavy atom. The van der Waals surface area contributed by atoms with Crippen LogP contribution in [0.3, 0.4) is 0 Å². The maximum atomic E-state index is 12.1. The number of benzene rings is 2. The molecule has 0 aromatic heterocycles. The highest BCUT2D eigenvalue weighted by atomic mass is 127. The van der Waals surface area contributed by atoms with E-state index < -0.39 is 0 Å². The number of carbonyl (C=O) groups excluding carboxylic acids is 1. The lowest BCUT2D eigenvalue weighted by Gasteiger charge is -2.14. The number of aliphatic imine (C=N–C) groups is 1. The van der Waals surface area contributed by atoms with E-state index in [0.717, 1.165) is 11.4 Å². The number of methoxy groups -OCH3 is 1.